The molecule has 0 spiro atoms. The molecule has 1 aliphatic rings. The van der Waals surface area contributed by atoms with Crippen molar-refractivity contribution in [1.82, 2.24) is 5.43 Å². The van der Waals surface area contributed by atoms with E-state index in [1.807, 2.05) is 0 Å². The number of amides is 1. The van der Waals surface area contributed by atoms with Gasteiger partial charge < -0.3 is 4.74 Å². The molecule has 0 unspecified atom stereocenters. The summed E-state index contributed by atoms with van der Waals surface area (Å²) in [6.07, 6.45) is 7.81. The third-order valence-electron chi connectivity index (χ3n) is 2.51. The van der Waals surface area contributed by atoms with Crippen LogP contribution in [0, 0.1) is 0 Å². The van der Waals surface area contributed by atoms with Crippen LogP contribution < -0.4 is 5.43 Å². The smallest absolute Gasteiger partial charge is 0.427 e. The van der Waals surface area contributed by atoms with E-state index in [9.17, 15) is 4.79 Å². The van der Waals surface area contributed by atoms with Crippen LogP contribution in [0.3, 0.4) is 0 Å². The van der Waals surface area contributed by atoms with E-state index in [1.54, 1.807) is 6.92 Å². The highest BCUT2D eigenvalue weighted by Gasteiger charge is 2.05. The van der Waals surface area contributed by atoms with Gasteiger partial charge in [-0.05, 0) is 32.6 Å². The first-order valence-electron chi connectivity index (χ1n) is 5.81. The lowest BCUT2D eigenvalue weighted by atomic mass is 9.99. The predicted molar refractivity (Wildman–Crippen MR) is 59.9 cm³/mol. The van der Waals surface area contributed by atoms with Gasteiger partial charge in [-0.3, -0.25) is 0 Å². The molecule has 0 bridgehead atoms. The van der Waals surface area contributed by atoms with Crippen LogP contribution in [0.15, 0.2) is 5.10 Å². The quantitative estimate of drug-likeness (QED) is 0.715. The second-order valence-corrected chi connectivity index (χ2v) is 3.78. The molecule has 0 aromatic carbocycles. The van der Waals surface area contributed by atoms with E-state index in [1.165, 1.54) is 32.1 Å². The molecule has 0 aromatic heterocycles. The summed E-state index contributed by atoms with van der Waals surface area (Å²) in [5.41, 5.74) is 3.53. The van der Waals surface area contributed by atoms with E-state index in [0.29, 0.717) is 6.61 Å². The second-order valence-electron chi connectivity index (χ2n) is 3.78. The highest BCUT2D eigenvalue weighted by molar-refractivity contribution is 5.85. The zero-order valence-corrected chi connectivity index (χ0v) is 9.42. The first-order valence-corrected chi connectivity index (χ1v) is 5.81. The number of carbonyl (C=O) groups is 1. The molecule has 1 saturated carbocycles. The normalized spacial score (nSPS) is 17.5. The highest BCUT2D eigenvalue weighted by atomic mass is 16.5. The molecule has 0 aromatic rings. The van der Waals surface area contributed by atoms with E-state index in [2.05, 4.69) is 10.5 Å². The third kappa shape index (κ3) is 5.40. The first-order chi connectivity index (χ1) is 7.33. The maximum atomic E-state index is 11.0. The molecular formula is C11H20N2O2. The molecule has 0 radical (unpaired) electrons. The van der Waals surface area contributed by atoms with Crippen molar-refractivity contribution in [3.63, 3.8) is 0 Å². The number of hydrogen-bond acceptors (Lipinski definition) is 3. The largest absolute Gasteiger partial charge is 0.449 e. The molecule has 0 saturated heterocycles. The van der Waals surface area contributed by atoms with Crippen molar-refractivity contribution in [3.8, 4) is 0 Å². The number of hydrogen-bond donors (Lipinski definition) is 1. The number of carbonyl (C=O) groups excluding carboxylic acids is 1. The molecule has 1 rings (SSSR count). The van der Waals surface area contributed by atoms with Crippen molar-refractivity contribution < 1.29 is 9.53 Å². The number of ether oxygens (including phenoxy) is 1. The maximum Gasteiger partial charge on any atom is 0.427 e. The second kappa shape index (κ2) is 7.26. The summed E-state index contributed by atoms with van der Waals surface area (Å²) in [5.74, 6) is 0. The average Bonchev–Trinajstić information content (AvgIpc) is 2.16. The molecule has 0 atom stereocenters. The van der Waals surface area contributed by atoms with E-state index >= 15 is 0 Å². The summed E-state index contributed by atoms with van der Waals surface area (Å²) in [6.45, 7) is 2.17. The standard InChI is InChI=1S/C11H20N2O2/c1-2-15-11(14)13-12-10-8-6-4-3-5-7-9-10/h2-9H2,1H3,(H,13,14). The van der Waals surface area contributed by atoms with Crippen LogP contribution in [0.1, 0.15) is 51.9 Å². The van der Waals surface area contributed by atoms with E-state index in [0.717, 1.165) is 18.6 Å². The van der Waals surface area contributed by atoms with Crippen molar-refractivity contribution in [1.29, 1.82) is 0 Å². The SMILES string of the molecule is CCOC(=O)NN=C1CCCCCCC1. The minimum Gasteiger partial charge on any atom is -0.449 e. The minimum absolute atomic E-state index is 0.386. The lowest BCUT2D eigenvalue weighted by Gasteiger charge is -2.10. The Morgan fingerprint density at radius 3 is 2.47 bits per heavy atom. The molecular weight excluding hydrogens is 192 g/mol. The van der Waals surface area contributed by atoms with Crippen molar-refractivity contribution >= 4 is 11.8 Å². The Morgan fingerprint density at radius 1 is 1.27 bits per heavy atom. The molecule has 0 aliphatic heterocycles. The van der Waals surface area contributed by atoms with Crippen LogP contribution in [0.4, 0.5) is 4.79 Å². The molecule has 1 amide bonds. The van der Waals surface area contributed by atoms with Crippen molar-refractivity contribution in [2.24, 2.45) is 5.10 Å². The Morgan fingerprint density at radius 2 is 1.87 bits per heavy atom. The summed E-state index contributed by atoms with van der Waals surface area (Å²) in [5, 5.41) is 4.10. The van der Waals surface area contributed by atoms with Gasteiger partial charge in [-0.1, -0.05) is 19.3 Å². The zero-order valence-electron chi connectivity index (χ0n) is 9.42. The van der Waals surface area contributed by atoms with Gasteiger partial charge in [0.1, 0.15) is 0 Å². The Balaban J connectivity index is 2.31. The van der Waals surface area contributed by atoms with Crippen LogP contribution in [0.2, 0.25) is 0 Å². The molecule has 4 heteroatoms. The molecule has 4 nitrogen and oxygen atoms in total. The molecule has 1 N–H and O–H groups in total. The van der Waals surface area contributed by atoms with Crippen LogP contribution in [-0.4, -0.2) is 18.4 Å². The fraction of sp³-hybridized carbons (Fsp3) is 0.818. The summed E-state index contributed by atoms with van der Waals surface area (Å²) < 4.78 is 4.73. The Labute approximate surface area is 91.1 Å². The monoisotopic (exact) mass is 212 g/mol. The van der Waals surface area contributed by atoms with Gasteiger partial charge in [0.2, 0.25) is 0 Å². The summed E-state index contributed by atoms with van der Waals surface area (Å²) >= 11 is 0. The van der Waals surface area contributed by atoms with Crippen molar-refractivity contribution in [3.05, 3.63) is 0 Å². The fourth-order valence-corrected chi connectivity index (χ4v) is 1.71. The first kappa shape index (κ1) is 12.0. The van der Waals surface area contributed by atoms with Crippen molar-refractivity contribution in [2.45, 2.75) is 51.9 Å². The average molecular weight is 212 g/mol. The molecule has 1 aliphatic carbocycles. The highest BCUT2D eigenvalue weighted by Crippen LogP contribution is 2.14. The van der Waals surface area contributed by atoms with Gasteiger partial charge in [-0.25, -0.2) is 10.2 Å². The van der Waals surface area contributed by atoms with E-state index in [4.69, 9.17) is 4.74 Å². The topological polar surface area (TPSA) is 50.7 Å². The van der Waals surface area contributed by atoms with Gasteiger partial charge in [0.05, 0.1) is 6.61 Å². The number of nitrogens with zero attached hydrogens (tertiary/aromatic N) is 1. The predicted octanol–water partition coefficient (Wildman–Crippen LogP) is 2.83. The van der Waals surface area contributed by atoms with E-state index < -0.39 is 6.09 Å². The Bertz CT molecular complexity index is 217. The van der Waals surface area contributed by atoms with Gasteiger partial charge in [0.15, 0.2) is 0 Å². The van der Waals surface area contributed by atoms with Gasteiger partial charge in [0, 0.05) is 5.71 Å². The number of hydrazone groups is 1. The summed E-state index contributed by atoms with van der Waals surface area (Å²) in [7, 11) is 0. The minimum atomic E-state index is -0.452. The van der Waals surface area contributed by atoms with Crippen molar-refractivity contribution in [2.75, 3.05) is 6.61 Å². The van der Waals surface area contributed by atoms with Gasteiger partial charge in [-0.2, -0.15) is 5.10 Å². The van der Waals surface area contributed by atoms with Crippen LogP contribution in [0.25, 0.3) is 0 Å². The third-order valence-corrected chi connectivity index (χ3v) is 2.51. The Hall–Kier alpha value is -1.06. The van der Waals surface area contributed by atoms with Crippen LogP contribution in [-0.2, 0) is 4.74 Å². The van der Waals surface area contributed by atoms with E-state index in [-0.39, 0.29) is 0 Å². The summed E-state index contributed by atoms with van der Waals surface area (Å²) in [6, 6.07) is 0. The number of rotatable bonds is 2. The molecule has 15 heavy (non-hydrogen) atoms. The van der Waals surface area contributed by atoms with Crippen LogP contribution in [0.5, 0.6) is 0 Å². The lowest BCUT2D eigenvalue weighted by molar-refractivity contribution is 0.152. The Kier molecular flexibility index (Phi) is 5.81. The molecule has 86 valence electrons. The fourth-order valence-electron chi connectivity index (χ4n) is 1.71. The molecule has 0 heterocycles. The maximum absolute atomic E-state index is 11.0. The van der Waals surface area contributed by atoms with Gasteiger partial charge >= 0.3 is 6.09 Å². The molecule has 1 fully saturated rings. The van der Waals surface area contributed by atoms with Gasteiger partial charge in [-0.15, -0.1) is 0 Å². The summed E-state index contributed by atoms with van der Waals surface area (Å²) in [4.78, 5) is 11.0. The number of nitrogens with one attached hydrogen (secondary N) is 1. The lowest BCUT2D eigenvalue weighted by Crippen LogP contribution is -2.21. The van der Waals surface area contributed by atoms with Gasteiger partial charge in [0.25, 0.3) is 0 Å². The van der Waals surface area contributed by atoms with Crippen LogP contribution >= 0.6 is 0 Å². The zero-order chi connectivity index (χ0) is 10.9.